The molecule has 0 aromatic carbocycles. The molecule has 0 radical (unpaired) electrons. The highest BCUT2D eigenvalue weighted by atomic mass is 19.4. The molecule has 0 unspecified atom stereocenters. The molecule has 0 atom stereocenters. The van der Waals surface area contributed by atoms with Crippen LogP contribution in [0.15, 0.2) is 24.3 Å². The van der Waals surface area contributed by atoms with Gasteiger partial charge >= 0.3 is 6.18 Å². The number of alkyl halides is 3. The lowest BCUT2D eigenvalue weighted by atomic mass is 10.4. The molecule has 0 rings (SSSR count). The molecule has 0 saturated heterocycles. The van der Waals surface area contributed by atoms with Crippen molar-refractivity contribution in [2.24, 2.45) is 0 Å². The summed E-state index contributed by atoms with van der Waals surface area (Å²) in [6.07, 6.45) is -5.44. The molecule has 0 N–H and O–H groups in total. The second-order valence-electron chi connectivity index (χ2n) is 1.44. The molecule has 0 aliphatic heterocycles. The third-order valence-corrected chi connectivity index (χ3v) is 0.554. The van der Waals surface area contributed by atoms with Crippen LogP contribution >= 0.6 is 0 Å². The Hall–Kier alpha value is -0.870. The van der Waals surface area contributed by atoms with Gasteiger partial charge in [0.1, 0.15) is 5.83 Å². The van der Waals surface area contributed by atoms with Gasteiger partial charge in [0.25, 0.3) is 0 Å². The summed E-state index contributed by atoms with van der Waals surface area (Å²) >= 11 is 0. The van der Waals surface area contributed by atoms with Crippen molar-refractivity contribution in [2.45, 2.75) is 6.18 Å². The molecule has 0 aliphatic rings. The Morgan fingerprint density at radius 1 is 1.20 bits per heavy atom. The van der Waals surface area contributed by atoms with E-state index in [2.05, 4.69) is 6.58 Å². The van der Waals surface area contributed by atoms with Crippen LogP contribution in [0.2, 0.25) is 0 Å². The molecular formula is C5H3F5. The van der Waals surface area contributed by atoms with Crippen LogP contribution in [0, 0.1) is 0 Å². The highest BCUT2D eigenvalue weighted by Gasteiger charge is 2.34. The van der Waals surface area contributed by atoms with E-state index in [1.54, 1.807) is 0 Å². The Morgan fingerprint density at radius 3 is 1.70 bits per heavy atom. The molecule has 0 aromatic rings. The lowest BCUT2D eigenvalue weighted by Gasteiger charge is -2.00. The number of rotatable bonds is 1. The summed E-state index contributed by atoms with van der Waals surface area (Å²) in [6.45, 7) is 2.43. The summed E-state index contributed by atoms with van der Waals surface area (Å²) in [5.41, 5.74) is 0. The van der Waals surface area contributed by atoms with Crippen LogP contribution < -0.4 is 0 Å². The summed E-state index contributed by atoms with van der Waals surface area (Å²) in [5, 5.41) is 0. The minimum atomic E-state index is -5.12. The molecule has 0 saturated carbocycles. The zero-order valence-corrected chi connectivity index (χ0v) is 4.67. The largest absolute Gasteiger partial charge is 0.443 e. The van der Waals surface area contributed by atoms with Crippen LogP contribution in [0.5, 0.6) is 0 Å². The number of hydrogen-bond donors (Lipinski definition) is 0. The Morgan fingerprint density at radius 2 is 1.60 bits per heavy atom. The van der Waals surface area contributed by atoms with Gasteiger partial charge in [-0.25, -0.2) is 8.78 Å². The standard InChI is InChI=1S/C5H3F5/c1-3(6)2-4(7)5(8,9)10/h2H,1H2. The monoisotopic (exact) mass is 158 g/mol. The first-order valence-electron chi connectivity index (χ1n) is 2.13. The molecule has 0 aromatic heterocycles. The predicted molar refractivity (Wildman–Crippen MR) is 25.5 cm³/mol. The normalized spacial score (nSPS) is 13.5. The van der Waals surface area contributed by atoms with E-state index in [0.29, 0.717) is 0 Å². The molecule has 0 fully saturated rings. The highest BCUT2D eigenvalue weighted by Crippen LogP contribution is 2.27. The van der Waals surface area contributed by atoms with Gasteiger partial charge in [0.2, 0.25) is 5.83 Å². The molecule has 0 bridgehead atoms. The van der Waals surface area contributed by atoms with E-state index in [-0.39, 0.29) is 6.08 Å². The first-order valence-corrected chi connectivity index (χ1v) is 2.13. The van der Waals surface area contributed by atoms with Gasteiger partial charge in [0.05, 0.1) is 0 Å². The van der Waals surface area contributed by atoms with Crippen molar-refractivity contribution in [1.29, 1.82) is 0 Å². The van der Waals surface area contributed by atoms with Crippen LogP contribution in [-0.4, -0.2) is 6.18 Å². The van der Waals surface area contributed by atoms with Crippen LogP contribution in [-0.2, 0) is 0 Å². The minimum Gasteiger partial charge on any atom is -0.208 e. The quantitative estimate of drug-likeness (QED) is 0.406. The Labute approximate surface area is 53.6 Å². The average molecular weight is 158 g/mol. The number of hydrogen-bond acceptors (Lipinski definition) is 0. The fourth-order valence-corrected chi connectivity index (χ4v) is 0.219. The Balaban J connectivity index is 4.35. The SMILES string of the molecule is C=C(F)C=C(F)C(F)(F)F. The first kappa shape index (κ1) is 9.13. The van der Waals surface area contributed by atoms with Crippen LogP contribution in [0.1, 0.15) is 0 Å². The maximum absolute atomic E-state index is 11.6. The first-order chi connectivity index (χ1) is 4.34. The van der Waals surface area contributed by atoms with E-state index in [0.717, 1.165) is 0 Å². The second-order valence-corrected chi connectivity index (χ2v) is 1.44. The maximum atomic E-state index is 11.6. The summed E-state index contributed by atoms with van der Waals surface area (Å²) in [4.78, 5) is 0. The number of allylic oxidation sites excluding steroid dienone is 3. The predicted octanol–water partition coefficient (Wildman–Crippen LogP) is 2.89. The van der Waals surface area contributed by atoms with Crippen LogP contribution in [0.4, 0.5) is 22.0 Å². The van der Waals surface area contributed by atoms with E-state index in [1.165, 1.54) is 0 Å². The fourth-order valence-electron chi connectivity index (χ4n) is 0.219. The lowest BCUT2D eigenvalue weighted by molar-refractivity contribution is -0.108. The van der Waals surface area contributed by atoms with Gasteiger partial charge in [0, 0.05) is 6.08 Å². The molecule has 0 nitrogen and oxygen atoms in total. The third-order valence-electron chi connectivity index (χ3n) is 0.554. The summed E-state index contributed by atoms with van der Waals surface area (Å²) in [7, 11) is 0. The zero-order valence-electron chi connectivity index (χ0n) is 4.67. The van der Waals surface area contributed by atoms with Gasteiger partial charge in [-0.15, -0.1) is 0 Å². The summed E-state index contributed by atoms with van der Waals surface area (Å²) in [6, 6.07) is 0. The molecule has 10 heavy (non-hydrogen) atoms. The summed E-state index contributed by atoms with van der Waals surface area (Å²) < 4.78 is 56.5. The lowest BCUT2D eigenvalue weighted by Crippen LogP contribution is -2.07. The van der Waals surface area contributed by atoms with Gasteiger partial charge in [-0.2, -0.15) is 13.2 Å². The smallest absolute Gasteiger partial charge is 0.208 e. The number of halogens is 5. The zero-order chi connectivity index (χ0) is 8.36. The van der Waals surface area contributed by atoms with Gasteiger partial charge in [-0.1, -0.05) is 6.58 Å². The molecule has 5 heteroatoms. The fraction of sp³-hybridized carbons (Fsp3) is 0.200. The van der Waals surface area contributed by atoms with Gasteiger partial charge in [-0.05, 0) is 0 Å². The molecule has 0 spiro atoms. The minimum absolute atomic E-state index is 0.319. The van der Waals surface area contributed by atoms with Crippen LogP contribution in [0.25, 0.3) is 0 Å². The second kappa shape index (κ2) is 2.81. The van der Waals surface area contributed by atoms with Crippen molar-refractivity contribution < 1.29 is 22.0 Å². The molecule has 0 aliphatic carbocycles. The van der Waals surface area contributed by atoms with E-state index >= 15 is 0 Å². The molecular weight excluding hydrogens is 155 g/mol. The van der Waals surface area contributed by atoms with Crippen molar-refractivity contribution in [3.8, 4) is 0 Å². The maximum Gasteiger partial charge on any atom is 0.443 e. The topological polar surface area (TPSA) is 0 Å². The van der Waals surface area contributed by atoms with E-state index in [4.69, 9.17) is 0 Å². The average Bonchev–Trinajstić information content (AvgIpc) is 1.60. The van der Waals surface area contributed by atoms with Crippen molar-refractivity contribution in [1.82, 2.24) is 0 Å². The molecule has 0 heterocycles. The molecule has 0 amide bonds. The van der Waals surface area contributed by atoms with Gasteiger partial charge in [-0.3, -0.25) is 0 Å². The van der Waals surface area contributed by atoms with Crippen molar-refractivity contribution in [2.75, 3.05) is 0 Å². The Bertz CT molecular complexity index is 163. The van der Waals surface area contributed by atoms with E-state index in [1.807, 2.05) is 0 Å². The van der Waals surface area contributed by atoms with Crippen molar-refractivity contribution >= 4 is 0 Å². The van der Waals surface area contributed by atoms with Crippen LogP contribution in [0.3, 0.4) is 0 Å². The van der Waals surface area contributed by atoms with Crippen molar-refractivity contribution in [3.05, 3.63) is 24.3 Å². The van der Waals surface area contributed by atoms with Crippen molar-refractivity contribution in [3.63, 3.8) is 0 Å². The van der Waals surface area contributed by atoms with Gasteiger partial charge < -0.3 is 0 Å². The van der Waals surface area contributed by atoms with E-state index in [9.17, 15) is 22.0 Å². The third kappa shape index (κ3) is 3.21. The van der Waals surface area contributed by atoms with E-state index < -0.39 is 17.8 Å². The summed E-state index contributed by atoms with van der Waals surface area (Å²) in [5.74, 6) is -3.95. The molecule has 58 valence electrons. The van der Waals surface area contributed by atoms with Gasteiger partial charge in [0.15, 0.2) is 0 Å². The highest BCUT2D eigenvalue weighted by molar-refractivity contribution is 5.13. The Kier molecular flexibility index (Phi) is 2.56.